The van der Waals surface area contributed by atoms with Gasteiger partial charge in [-0.1, -0.05) is 36.4 Å². The van der Waals surface area contributed by atoms with Gasteiger partial charge in [0.25, 0.3) is 5.91 Å². The van der Waals surface area contributed by atoms with E-state index in [0.29, 0.717) is 0 Å². The number of carbonyl (C=O) groups is 2. The molecule has 0 radical (unpaired) electrons. The Kier molecular flexibility index (Phi) is 5.54. The second kappa shape index (κ2) is 8.44. The Labute approximate surface area is 180 Å². The Balaban J connectivity index is 1.62. The molecule has 4 rings (SSSR count). The fourth-order valence-electron chi connectivity index (χ4n) is 3.88. The Hall–Kier alpha value is -3.92. The van der Waals surface area contributed by atoms with Crippen molar-refractivity contribution in [1.82, 2.24) is 5.01 Å². The van der Waals surface area contributed by atoms with Gasteiger partial charge in [-0.15, -0.1) is 0 Å². The highest BCUT2D eigenvalue weighted by molar-refractivity contribution is 6.30. The van der Waals surface area contributed by atoms with E-state index >= 15 is 0 Å². The van der Waals surface area contributed by atoms with Crippen molar-refractivity contribution >= 4 is 35.2 Å². The van der Waals surface area contributed by atoms with E-state index in [1.807, 2.05) is 6.07 Å². The normalized spacial score (nSPS) is 16.8. The van der Waals surface area contributed by atoms with E-state index in [0.717, 1.165) is 41.3 Å². The average molecular weight is 414 g/mol. The van der Waals surface area contributed by atoms with Crippen molar-refractivity contribution in [1.29, 1.82) is 0 Å². The van der Waals surface area contributed by atoms with E-state index in [2.05, 4.69) is 58.2 Å². The third-order valence-electron chi connectivity index (χ3n) is 5.44. The van der Waals surface area contributed by atoms with Crippen molar-refractivity contribution in [3.05, 3.63) is 76.1 Å². The maximum Gasteiger partial charge on any atom is 0.306 e. The van der Waals surface area contributed by atoms with Crippen molar-refractivity contribution in [2.24, 2.45) is 5.10 Å². The minimum absolute atomic E-state index is 0.00519. The zero-order valence-corrected chi connectivity index (χ0v) is 17.2. The number of amides is 1. The summed E-state index contributed by atoms with van der Waals surface area (Å²) in [6, 6.07) is 14.5. The van der Waals surface area contributed by atoms with E-state index in [-0.39, 0.29) is 24.4 Å². The number of hydrazone groups is 1. The van der Waals surface area contributed by atoms with E-state index in [1.165, 1.54) is 11.1 Å². The van der Waals surface area contributed by atoms with Crippen LogP contribution in [0, 0.1) is 13.5 Å². The largest absolute Gasteiger partial charge is 0.481 e. The van der Waals surface area contributed by atoms with Gasteiger partial charge in [0.1, 0.15) is 0 Å². The molecule has 0 aromatic heterocycles. The maximum atomic E-state index is 12.6. The van der Waals surface area contributed by atoms with Crippen LogP contribution in [0.25, 0.3) is 10.9 Å². The van der Waals surface area contributed by atoms with Crippen LogP contribution in [0.5, 0.6) is 0 Å². The highest BCUT2D eigenvalue weighted by Gasteiger charge is 2.33. The molecule has 2 aliphatic heterocycles. The Morgan fingerprint density at radius 3 is 2.74 bits per heavy atom. The quantitative estimate of drug-likeness (QED) is 0.592. The minimum Gasteiger partial charge on any atom is -0.481 e. The molecule has 0 unspecified atom stereocenters. The highest BCUT2D eigenvalue weighted by atomic mass is 16.4. The Bertz CT molecular complexity index is 1140. The van der Waals surface area contributed by atoms with Crippen LogP contribution in [0.1, 0.15) is 29.5 Å². The monoisotopic (exact) mass is 414 g/mol. The third-order valence-corrected chi connectivity index (χ3v) is 5.44. The number of amidine groups is 1. The summed E-state index contributed by atoms with van der Waals surface area (Å²) in [6.45, 7) is 10.3. The summed E-state index contributed by atoms with van der Waals surface area (Å²) in [7, 11) is 0. The number of aliphatic carboxylic acids is 1. The van der Waals surface area contributed by atoms with Crippen molar-refractivity contribution < 1.29 is 14.7 Å². The lowest BCUT2D eigenvalue weighted by Gasteiger charge is -2.31. The van der Waals surface area contributed by atoms with Crippen molar-refractivity contribution in [3.8, 4) is 0 Å². The molecular formula is C24H22N4O3. The van der Waals surface area contributed by atoms with Gasteiger partial charge in [-0.2, -0.15) is 5.01 Å². The smallest absolute Gasteiger partial charge is 0.306 e. The fraction of sp³-hybridized carbons (Fsp3) is 0.250. The summed E-state index contributed by atoms with van der Waals surface area (Å²) in [6.07, 6.45) is 3.42. The van der Waals surface area contributed by atoms with Crippen LogP contribution >= 0.6 is 0 Å². The van der Waals surface area contributed by atoms with Gasteiger partial charge >= 0.3 is 11.8 Å². The number of aryl methyl sites for hydroxylation is 2. The number of hydrogen-bond acceptors (Lipinski definition) is 4. The number of anilines is 2. The van der Waals surface area contributed by atoms with Crippen LogP contribution in [0.2, 0.25) is 0 Å². The zero-order valence-electron chi connectivity index (χ0n) is 17.2. The molecular weight excluding hydrogens is 392 g/mol. The first kappa shape index (κ1) is 20.4. The standard InChI is InChI=1S/C24H22N4O3/c1-16-5-8-19(9-6-16)27-12-3-4-18-14-17(7-10-21(18)27)15-20-23(25-2)26-28(24(20)31)13-11-22(29)30/h5-10,14-15H,3-4,11-13H2,1H3,(H,29,30). The lowest BCUT2D eigenvalue weighted by molar-refractivity contribution is -0.137. The molecule has 7 nitrogen and oxygen atoms in total. The molecule has 0 aliphatic carbocycles. The van der Waals surface area contributed by atoms with Crippen LogP contribution in [0.15, 0.2) is 53.1 Å². The predicted molar refractivity (Wildman–Crippen MR) is 119 cm³/mol. The summed E-state index contributed by atoms with van der Waals surface area (Å²) in [4.78, 5) is 29.1. The molecule has 156 valence electrons. The van der Waals surface area contributed by atoms with Gasteiger partial charge in [-0.3, -0.25) is 9.59 Å². The topological polar surface area (TPSA) is 77.6 Å². The van der Waals surface area contributed by atoms with Crippen molar-refractivity contribution in [2.45, 2.75) is 26.2 Å². The van der Waals surface area contributed by atoms with E-state index in [9.17, 15) is 9.59 Å². The molecule has 0 spiro atoms. The molecule has 0 fully saturated rings. The SMILES string of the molecule is [C-]#[N+]C1=NN(CCC(=O)O)C(=O)C1=Cc1ccc2c(c1)CCCN2c1ccc(C)cc1. The molecule has 0 bridgehead atoms. The van der Waals surface area contributed by atoms with Gasteiger partial charge in [0.2, 0.25) is 0 Å². The third kappa shape index (κ3) is 4.19. The Morgan fingerprint density at radius 2 is 2.03 bits per heavy atom. The zero-order chi connectivity index (χ0) is 22.0. The highest BCUT2D eigenvalue weighted by Crippen LogP contribution is 2.34. The molecule has 0 saturated carbocycles. The first-order valence-electron chi connectivity index (χ1n) is 10.1. The second-order valence-corrected chi connectivity index (χ2v) is 7.64. The molecule has 2 aromatic carbocycles. The number of rotatable bonds is 5. The summed E-state index contributed by atoms with van der Waals surface area (Å²) >= 11 is 0. The van der Waals surface area contributed by atoms with Gasteiger partial charge in [-0.05, 0) is 60.3 Å². The number of fused-ring (bicyclic) bond motifs is 1. The fourth-order valence-corrected chi connectivity index (χ4v) is 3.88. The molecule has 2 heterocycles. The number of benzene rings is 2. The number of carbonyl (C=O) groups excluding carboxylic acids is 1. The van der Waals surface area contributed by atoms with Gasteiger partial charge in [-0.25, -0.2) is 0 Å². The lowest BCUT2D eigenvalue weighted by Crippen LogP contribution is -2.25. The van der Waals surface area contributed by atoms with Crippen LogP contribution in [-0.4, -0.2) is 40.9 Å². The van der Waals surface area contributed by atoms with Crippen molar-refractivity contribution in [3.63, 3.8) is 0 Å². The first-order chi connectivity index (χ1) is 15.0. The van der Waals surface area contributed by atoms with Crippen molar-refractivity contribution in [2.75, 3.05) is 18.0 Å². The van der Waals surface area contributed by atoms with Crippen LogP contribution in [0.3, 0.4) is 0 Å². The first-order valence-corrected chi connectivity index (χ1v) is 10.1. The predicted octanol–water partition coefficient (Wildman–Crippen LogP) is 4.01. The maximum absolute atomic E-state index is 12.6. The number of carboxylic acid groups (broad SMARTS) is 1. The van der Waals surface area contributed by atoms with E-state index in [1.54, 1.807) is 6.08 Å². The van der Waals surface area contributed by atoms with Crippen LogP contribution < -0.4 is 4.90 Å². The number of hydrogen-bond donors (Lipinski definition) is 1. The molecule has 2 aliphatic rings. The van der Waals surface area contributed by atoms with Gasteiger partial charge in [0.15, 0.2) is 0 Å². The number of nitrogens with zero attached hydrogens (tertiary/aromatic N) is 4. The second-order valence-electron chi connectivity index (χ2n) is 7.64. The molecule has 31 heavy (non-hydrogen) atoms. The molecule has 0 saturated heterocycles. The molecule has 2 aromatic rings. The summed E-state index contributed by atoms with van der Waals surface area (Å²) in [5.74, 6) is -1.46. The van der Waals surface area contributed by atoms with E-state index in [4.69, 9.17) is 11.7 Å². The average Bonchev–Trinajstić information content (AvgIpc) is 3.07. The molecule has 1 amide bonds. The Morgan fingerprint density at radius 1 is 1.26 bits per heavy atom. The number of carboxylic acids is 1. The summed E-state index contributed by atoms with van der Waals surface area (Å²) in [5, 5.41) is 13.9. The molecule has 7 heteroatoms. The molecule has 1 N–H and O–H groups in total. The lowest BCUT2D eigenvalue weighted by atomic mass is 9.97. The van der Waals surface area contributed by atoms with Gasteiger partial charge < -0.3 is 14.9 Å². The van der Waals surface area contributed by atoms with Gasteiger partial charge in [0, 0.05) is 17.9 Å². The van der Waals surface area contributed by atoms with Crippen LogP contribution in [-0.2, 0) is 16.0 Å². The van der Waals surface area contributed by atoms with E-state index < -0.39 is 11.9 Å². The van der Waals surface area contributed by atoms with Crippen LogP contribution in [0.4, 0.5) is 11.4 Å². The minimum atomic E-state index is -1.02. The summed E-state index contributed by atoms with van der Waals surface area (Å²) < 4.78 is 0. The molecule has 0 atom stereocenters. The van der Waals surface area contributed by atoms with Gasteiger partial charge in [0.05, 0.1) is 18.5 Å². The summed E-state index contributed by atoms with van der Waals surface area (Å²) in [5.41, 5.74) is 5.74.